The summed E-state index contributed by atoms with van der Waals surface area (Å²) in [6.07, 6.45) is 0. The Hall–Kier alpha value is -2.74. The number of hydrogen-bond donors (Lipinski definition) is 1. The van der Waals surface area contributed by atoms with Crippen LogP contribution in [0, 0.1) is 17.0 Å². The van der Waals surface area contributed by atoms with Crippen LogP contribution in [0.3, 0.4) is 0 Å². The number of anilines is 1. The summed E-state index contributed by atoms with van der Waals surface area (Å²) in [7, 11) is 0. The fourth-order valence-corrected chi connectivity index (χ4v) is 3.25. The van der Waals surface area contributed by atoms with Gasteiger partial charge in [-0.05, 0) is 31.5 Å². The van der Waals surface area contributed by atoms with Gasteiger partial charge in [0.25, 0.3) is 11.6 Å². The lowest BCUT2D eigenvalue weighted by molar-refractivity contribution is -0.385. The molecule has 0 radical (unpaired) electrons. The third-order valence-corrected chi connectivity index (χ3v) is 4.74. The van der Waals surface area contributed by atoms with Gasteiger partial charge in [-0.15, -0.1) is 11.3 Å². The fraction of sp³-hybridized carbons (Fsp3) is 0.294. The second-order valence-electron chi connectivity index (χ2n) is 5.50. The number of benzene rings is 1. The number of aryl methyl sites for hydroxylation is 1. The predicted molar refractivity (Wildman–Crippen MR) is 96.9 cm³/mol. The molecule has 0 unspecified atom stereocenters. The van der Waals surface area contributed by atoms with Crippen LogP contribution in [0.15, 0.2) is 30.3 Å². The highest BCUT2D eigenvalue weighted by molar-refractivity contribution is 7.14. The van der Waals surface area contributed by atoms with Gasteiger partial charge in [0.05, 0.1) is 14.7 Å². The molecule has 8 heteroatoms. The van der Waals surface area contributed by atoms with Gasteiger partial charge in [-0.2, -0.15) is 0 Å². The normalized spacial score (nSPS) is 10.4. The Bertz CT molecular complexity index is 816. The van der Waals surface area contributed by atoms with E-state index in [1.165, 1.54) is 13.0 Å². The summed E-state index contributed by atoms with van der Waals surface area (Å²) in [6.45, 7) is 6.09. The molecule has 0 saturated heterocycles. The molecule has 1 heterocycles. The van der Waals surface area contributed by atoms with Crippen LogP contribution in [0.25, 0.3) is 0 Å². The van der Waals surface area contributed by atoms with Crippen LogP contribution in [-0.4, -0.2) is 28.2 Å². The molecule has 2 amide bonds. The summed E-state index contributed by atoms with van der Waals surface area (Å²) in [5.74, 6) is -0.407. The Labute approximate surface area is 149 Å². The van der Waals surface area contributed by atoms with Gasteiger partial charge in [0.15, 0.2) is 0 Å². The average molecular weight is 361 g/mol. The number of nitro groups is 1. The number of rotatable bonds is 6. The van der Waals surface area contributed by atoms with Gasteiger partial charge in [-0.1, -0.05) is 12.1 Å². The molecule has 1 N–H and O–H groups in total. The van der Waals surface area contributed by atoms with Crippen LogP contribution < -0.4 is 5.32 Å². The zero-order valence-electron chi connectivity index (χ0n) is 14.2. The van der Waals surface area contributed by atoms with Crippen molar-refractivity contribution < 1.29 is 14.5 Å². The Morgan fingerprint density at radius 3 is 2.60 bits per heavy atom. The van der Waals surface area contributed by atoms with E-state index in [0.29, 0.717) is 23.7 Å². The second-order valence-corrected chi connectivity index (χ2v) is 6.75. The smallest absolute Gasteiger partial charge is 0.283 e. The van der Waals surface area contributed by atoms with E-state index in [9.17, 15) is 19.7 Å². The summed E-state index contributed by atoms with van der Waals surface area (Å²) in [5, 5.41) is 13.6. The zero-order valence-corrected chi connectivity index (χ0v) is 15.1. The van der Waals surface area contributed by atoms with E-state index in [1.807, 2.05) is 13.0 Å². The molecule has 0 saturated carbocycles. The van der Waals surface area contributed by atoms with Crippen molar-refractivity contribution in [2.45, 2.75) is 27.3 Å². The molecule has 25 heavy (non-hydrogen) atoms. The van der Waals surface area contributed by atoms with E-state index < -0.39 is 10.8 Å². The number of amides is 2. The standard InChI is InChI=1S/C17H19N3O4S/c1-4-19(12(3)21)10-13-6-5-7-14(8-13)18-17(22)16-9-15(20(23)24)11(2)25-16/h5-9H,4,10H2,1-3H3,(H,18,22). The Morgan fingerprint density at radius 1 is 1.32 bits per heavy atom. The monoisotopic (exact) mass is 361 g/mol. The molecule has 7 nitrogen and oxygen atoms in total. The van der Waals surface area contributed by atoms with Crippen molar-refractivity contribution in [2.24, 2.45) is 0 Å². The molecule has 1 aromatic heterocycles. The molecule has 0 atom stereocenters. The Balaban J connectivity index is 2.13. The summed E-state index contributed by atoms with van der Waals surface area (Å²) >= 11 is 1.09. The third kappa shape index (κ3) is 4.63. The summed E-state index contributed by atoms with van der Waals surface area (Å²) < 4.78 is 0. The number of carbonyl (C=O) groups excluding carboxylic acids is 2. The van der Waals surface area contributed by atoms with Gasteiger partial charge in [-0.3, -0.25) is 19.7 Å². The number of thiophene rings is 1. The first-order valence-corrected chi connectivity index (χ1v) is 8.54. The van der Waals surface area contributed by atoms with E-state index in [0.717, 1.165) is 16.9 Å². The molecule has 0 aliphatic rings. The van der Waals surface area contributed by atoms with E-state index in [2.05, 4.69) is 5.32 Å². The second kappa shape index (κ2) is 7.89. The van der Waals surface area contributed by atoms with E-state index in [-0.39, 0.29) is 16.5 Å². The molecule has 2 aromatic rings. The largest absolute Gasteiger partial charge is 0.339 e. The highest BCUT2D eigenvalue weighted by atomic mass is 32.1. The molecule has 0 spiro atoms. The van der Waals surface area contributed by atoms with Gasteiger partial charge in [-0.25, -0.2) is 0 Å². The highest BCUT2D eigenvalue weighted by Gasteiger charge is 2.19. The van der Waals surface area contributed by atoms with Crippen molar-refractivity contribution in [3.05, 3.63) is 55.8 Å². The topological polar surface area (TPSA) is 92.6 Å². The quantitative estimate of drug-likeness (QED) is 0.628. The van der Waals surface area contributed by atoms with Crippen LogP contribution in [0.2, 0.25) is 0 Å². The minimum Gasteiger partial charge on any atom is -0.339 e. The van der Waals surface area contributed by atoms with Crippen LogP contribution in [-0.2, 0) is 11.3 Å². The third-order valence-electron chi connectivity index (χ3n) is 3.70. The van der Waals surface area contributed by atoms with Crippen molar-refractivity contribution in [1.29, 1.82) is 0 Å². The van der Waals surface area contributed by atoms with E-state index in [4.69, 9.17) is 0 Å². The first kappa shape index (κ1) is 18.6. The number of nitrogens with one attached hydrogen (secondary N) is 1. The molecule has 0 fully saturated rings. The van der Waals surface area contributed by atoms with Gasteiger partial charge >= 0.3 is 0 Å². The molecular formula is C17H19N3O4S. The van der Waals surface area contributed by atoms with Crippen molar-refractivity contribution in [2.75, 3.05) is 11.9 Å². The lowest BCUT2D eigenvalue weighted by Gasteiger charge is -2.19. The van der Waals surface area contributed by atoms with Crippen LogP contribution in [0.5, 0.6) is 0 Å². The van der Waals surface area contributed by atoms with Crippen molar-refractivity contribution in [1.82, 2.24) is 4.90 Å². The van der Waals surface area contributed by atoms with Crippen molar-refractivity contribution in [3.63, 3.8) is 0 Å². The maximum absolute atomic E-state index is 12.3. The minimum absolute atomic E-state index is 0.0155. The minimum atomic E-state index is -0.496. The molecule has 0 aliphatic heterocycles. The first-order valence-electron chi connectivity index (χ1n) is 7.72. The van der Waals surface area contributed by atoms with E-state index in [1.54, 1.807) is 30.0 Å². The van der Waals surface area contributed by atoms with Crippen molar-refractivity contribution >= 4 is 34.5 Å². The molecule has 1 aromatic carbocycles. The number of hydrogen-bond acceptors (Lipinski definition) is 5. The number of nitrogens with zero attached hydrogens (tertiary/aromatic N) is 2. The maximum atomic E-state index is 12.3. The lowest BCUT2D eigenvalue weighted by atomic mass is 10.2. The molecule has 0 bridgehead atoms. The Morgan fingerprint density at radius 2 is 2.04 bits per heavy atom. The average Bonchev–Trinajstić information content (AvgIpc) is 2.95. The van der Waals surface area contributed by atoms with Crippen LogP contribution in [0.4, 0.5) is 11.4 Å². The lowest BCUT2D eigenvalue weighted by Crippen LogP contribution is -2.27. The highest BCUT2D eigenvalue weighted by Crippen LogP contribution is 2.28. The summed E-state index contributed by atoms with van der Waals surface area (Å²) in [6, 6.07) is 8.48. The van der Waals surface area contributed by atoms with E-state index >= 15 is 0 Å². The zero-order chi connectivity index (χ0) is 18.6. The Kier molecular flexibility index (Phi) is 5.87. The number of carbonyl (C=O) groups is 2. The van der Waals surface area contributed by atoms with Gasteiger partial charge in [0.2, 0.25) is 5.91 Å². The van der Waals surface area contributed by atoms with Crippen molar-refractivity contribution in [3.8, 4) is 0 Å². The first-order chi connectivity index (χ1) is 11.8. The predicted octanol–water partition coefficient (Wildman–Crippen LogP) is 3.59. The van der Waals surface area contributed by atoms with Gasteiger partial charge < -0.3 is 10.2 Å². The maximum Gasteiger partial charge on any atom is 0.283 e. The summed E-state index contributed by atoms with van der Waals surface area (Å²) in [5.41, 5.74) is 1.42. The SMILES string of the molecule is CCN(Cc1cccc(NC(=O)c2cc([N+](=O)[O-])c(C)s2)c1)C(C)=O. The van der Waals surface area contributed by atoms with Gasteiger partial charge in [0, 0.05) is 31.8 Å². The molecular weight excluding hydrogens is 342 g/mol. The molecule has 132 valence electrons. The fourth-order valence-electron chi connectivity index (χ4n) is 2.37. The van der Waals surface area contributed by atoms with Gasteiger partial charge in [0.1, 0.15) is 0 Å². The summed E-state index contributed by atoms with van der Waals surface area (Å²) in [4.78, 5) is 36.7. The molecule has 0 aliphatic carbocycles. The molecule has 2 rings (SSSR count). The van der Waals surface area contributed by atoms with Crippen LogP contribution >= 0.6 is 11.3 Å². The van der Waals surface area contributed by atoms with Crippen LogP contribution in [0.1, 0.15) is 34.0 Å².